The zero-order valence-corrected chi connectivity index (χ0v) is 8.66. The molecule has 1 nitrogen and oxygen atoms in total. The monoisotopic (exact) mass is 186 g/mol. The molecule has 1 unspecified atom stereocenters. The molecule has 70 valence electrons. The fourth-order valence-electron chi connectivity index (χ4n) is 1.50. The van der Waals surface area contributed by atoms with Crippen molar-refractivity contribution in [3.63, 3.8) is 0 Å². The Morgan fingerprint density at radius 1 is 1.33 bits per heavy atom. The maximum absolute atomic E-state index is 10.6. The Hall–Kier alpha value is 0.0200. The fraction of sp³-hybridized carbons (Fsp3) is 0.900. The average Bonchev–Trinajstić information content (AvgIpc) is 2.00. The largest absolute Gasteiger partial charge is 0.287 e. The van der Waals surface area contributed by atoms with Crippen LogP contribution >= 0.6 is 11.8 Å². The van der Waals surface area contributed by atoms with Crippen molar-refractivity contribution >= 4 is 16.9 Å². The summed E-state index contributed by atoms with van der Waals surface area (Å²) in [5, 5.41) is 1.08. The summed E-state index contributed by atoms with van der Waals surface area (Å²) < 4.78 is 0. The molecular weight excluding hydrogens is 168 g/mol. The first-order chi connectivity index (χ1) is 5.83. The molecule has 1 heterocycles. The number of carbonyl (C=O) groups excluding carboxylic acids is 1. The summed E-state index contributed by atoms with van der Waals surface area (Å²) in [7, 11) is 0. The molecule has 0 aliphatic carbocycles. The van der Waals surface area contributed by atoms with Crippen molar-refractivity contribution in [2.24, 2.45) is 0 Å². The van der Waals surface area contributed by atoms with E-state index < -0.39 is 0 Å². The molecule has 0 aromatic rings. The minimum absolute atomic E-state index is 0.397. The van der Waals surface area contributed by atoms with E-state index in [0.29, 0.717) is 10.4 Å². The Bertz CT molecular complexity index is 137. The van der Waals surface area contributed by atoms with Crippen molar-refractivity contribution in [2.45, 2.75) is 57.1 Å². The van der Waals surface area contributed by atoms with E-state index in [1.165, 1.54) is 38.5 Å². The molecule has 0 bridgehead atoms. The highest BCUT2D eigenvalue weighted by Gasteiger charge is 2.26. The Labute approximate surface area is 79.3 Å². The first kappa shape index (κ1) is 10.1. The van der Waals surface area contributed by atoms with Crippen molar-refractivity contribution in [3.05, 3.63) is 0 Å². The Kier molecular flexibility index (Phi) is 4.74. The fourth-order valence-corrected chi connectivity index (χ4v) is 2.39. The zero-order valence-electron chi connectivity index (χ0n) is 7.84. The normalized spacial score (nSPS) is 22.4. The molecule has 1 aliphatic rings. The molecule has 0 aromatic carbocycles. The summed E-state index contributed by atoms with van der Waals surface area (Å²) >= 11 is 1.55. The van der Waals surface area contributed by atoms with Crippen LogP contribution in [0.5, 0.6) is 0 Å². The summed E-state index contributed by atoms with van der Waals surface area (Å²) in [6, 6.07) is 0. The lowest BCUT2D eigenvalue weighted by Gasteiger charge is -2.22. The van der Waals surface area contributed by atoms with Gasteiger partial charge in [-0.05, 0) is 6.42 Å². The first-order valence-electron chi connectivity index (χ1n) is 5.02. The molecular formula is C10H18OS. The van der Waals surface area contributed by atoms with Gasteiger partial charge in [-0.1, -0.05) is 50.8 Å². The number of carbonyl (C=O) groups is 1. The van der Waals surface area contributed by atoms with Crippen molar-refractivity contribution in [3.8, 4) is 0 Å². The van der Waals surface area contributed by atoms with Gasteiger partial charge in [-0.2, -0.15) is 0 Å². The van der Waals surface area contributed by atoms with Crippen LogP contribution in [0.2, 0.25) is 0 Å². The van der Waals surface area contributed by atoms with E-state index >= 15 is 0 Å². The Balaban J connectivity index is 1.80. The highest BCUT2D eigenvalue weighted by atomic mass is 32.2. The van der Waals surface area contributed by atoms with Gasteiger partial charge in [0.25, 0.3) is 0 Å². The summed E-state index contributed by atoms with van der Waals surface area (Å²) in [5.41, 5.74) is 0. The van der Waals surface area contributed by atoms with E-state index in [0.717, 1.165) is 6.42 Å². The van der Waals surface area contributed by atoms with Gasteiger partial charge in [0, 0.05) is 11.7 Å². The van der Waals surface area contributed by atoms with Gasteiger partial charge < -0.3 is 0 Å². The lowest BCUT2D eigenvalue weighted by molar-refractivity contribution is -0.112. The van der Waals surface area contributed by atoms with Crippen LogP contribution in [0.25, 0.3) is 0 Å². The molecule has 0 N–H and O–H groups in total. The molecule has 0 saturated carbocycles. The maximum atomic E-state index is 10.6. The third kappa shape index (κ3) is 3.61. The van der Waals surface area contributed by atoms with Crippen molar-refractivity contribution in [1.82, 2.24) is 0 Å². The molecule has 12 heavy (non-hydrogen) atoms. The molecule has 1 atom stereocenters. The standard InChI is InChI=1S/C10H18OS/c1-2-3-4-5-6-7-9-8-10(11)12-9/h9H,2-8H2,1H3. The smallest absolute Gasteiger partial charge is 0.190 e. The second-order valence-corrected chi connectivity index (χ2v) is 4.88. The van der Waals surface area contributed by atoms with Gasteiger partial charge >= 0.3 is 0 Å². The highest BCUT2D eigenvalue weighted by Crippen LogP contribution is 2.33. The number of hydrogen-bond acceptors (Lipinski definition) is 2. The molecule has 0 aromatic heterocycles. The lowest BCUT2D eigenvalue weighted by atomic mass is 10.1. The van der Waals surface area contributed by atoms with Gasteiger partial charge in [-0.15, -0.1) is 0 Å². The van der Waals surface area contributed by atoms with Crippen LogP contribution in [0.15, 0.2) is 0 Å². The van der Waals surface area contributed by atoms with E-state index in [4.69, 9.17) is 0 Å². The van der Waals surface area contributed by atoms with Crippen LogP contribution in [0.4, 0.5) is 0 Å². The van der Waals surface area contributed by atoms with Crippen LogP contribution in [-0.4, -0.2) is 10.4 Å². The van der Waals surface area contributed by atoms with Gasteiger partial charge in [0.05, 0.1) is 0 Å². The quantitative estimate of drug-likeness (QED) is 0.591. The lowest BCUT2D eigenvalue weighted by Crippen LogP contribution is -2.20. The summed E-state index contributed by atoms with van der Waals surface area (Å²) in [4.78, 5) is 10.6. The molecule has 0 amide bonds. The SMILES string of the molecule is CCCCCCCC1CC(=O)S1. The van der Waals surface area contributed by atoms with E-state index in [2.05, 4.69) is 6.92 Å². The highest BCUT2D eigenvalue weighted by molar-refractivity contribution is 8.16. The molecule has 1 saturated heterocycles. The first-order valence-corrected chi connectivity index (χ1v) is 5.90. The predicted octanol–water partition coefficient (Wildman–Crippen LogP) is 3.38. The number of hydrogen-bond donors (Lipinski definition) is 0. The molecule has 2 heteroatoms. The zero-order chi connectivity index (χ0) is 8.81. The van der Waals surface area contributed by atoms with Crippen LogP contribution < -0.4 is 0 Å². The van der Waals surface area contributed by atoms with E-state index in [9.17, 15) is 4.79 Å². The van der Waals surface area contributed by atoms with Gasteiger partial charge in [-0.25, -0.2) is 0 Å². The average molecular weight is 186 g/mol. The predicted molar refractivity (Wildman–Crippen MR) is 54.4 cm³/mol. The van der Waals surface area contributed by atoms with Crippen LogP contribution in [0.3, 0.4) is 0 Å². The Morgan fingerprint density at radius 2 is 2.00 bits per heavy atom. The third-order valence-electron chi connectivity index (χ3n) is 2.32. The Morgan fingerprint density at radius 3 is 2.58 bits per heavy atom. The molecule has 1 fully saturated rings. The van der Waals surface area contributed by atoms with E-state index in [-0.39, 0.29) is 0 Å². The van der Waals surface area contributed by atoms with Gasteiger partial charge in [0.15, 0.2) is 5.12 Å². The van der Waals surface area contributed by atoms with Crippen molar-refractivity contribution < 1.29 is 4.79 Å². The van der Waals surface area contributed by atoms with Gasteiger partial charge in [-0.3, -0.25) is 4.79 Å². The molecule has 1 aliphatic heterocycles. The summed E-state index contributed by atoms with van der Waals surface area (Å²) in [6.45, 7) is 2.24. The second-order valence-electron chi connectivity index (χ2n) is 3.52. The summed E-state index contributed by atoms with van der Waals surface area (Å²) in [6.07, 6.45) is 8.86. The second kappa shape index (κ2) is 5.63. The van der Waals surface area contributed by atoms with Gasteiger partial charge in [0.1, 0.15) is 0 Å². The van der Waals surface area contributed by atoms with Crippen LogP contribution in [-0.2, 0) is 4.79 Å². The minimum Gasteiger partial charge on any atom is -0.287 e. The van der Waals surface area contributed by atoms with Crippen molar-refractivity contribution in [2.75, 3.05) is 0 Å². The number of rotatable bonds is 6. The topological polar surface area (TPSA) is 17.1 Å². The minimum atomic E-state index is 0.397. The summed E-state index contributed by atoms with van der Waals surface area (Å²) in [5.74, 6) is 0. The van der Waals surface area contributed by atoms with Crippen LogP contribution in [0, 0.1) is 0 Å². The molecule has 1 rings (SSSR count). The van der Waals surface area contributed by atoms with E-state index in [1.807, 2.05) is 0 Å². The van der Waals surface area contributed by atoms with Crippen molar-refractivity contribution in [1.29, 1.82) is 0 Å². The van der Waals surface area contributed by atoms with Crippen LogP contribution in [0.1, 0.15) is 51.9 Å². The number of thioether (sulfide) groups is 1. The molecule has 0 spiro atoms. The maximum Gasteiger partial charge on any atom is 0.190 e. The number of unbranched alkanes of at least 4 members (excludes halogenated alkanes) is 4. The third-order valence-corrected chi connectivity index (χ3v) is 3.49. The molecule has 0 radical (unpaired) electrons. The van der Waals surface area contributed by atoms with Gasteiger partial charge in [0.2, 0.25) is 0 Å². The van der Waals surface area contributed by atoms with E-state index in [1.54, 1.807) is 11.8 Å².